The fourth-order valence-corrected chi connectivity index (χ4v) is 4.86. The van der Waals surface area contributed by atoms with Crippen LogP contribution in [-0.4, -0.2) is 37.2 Å². The first-order valence-corrected chi connectivity index (χ1v) is 9.99. The van der Waals surface area contributed by atoms with Crippen LogP contribution in [0.25, 0.3) is 0 Å². The Kier molecular flexibility index (Phi) is 6.61. The van der Waals surface area contributed by atoms with Gasteiger partial charge in [-0.25, -0.2) is 13.1 Å². The van der Waals surface area contributed by atoms with Crippen molar-refractivity contribution in [1.29, 1.82) is 0 Å². The molecule has 0 saturated heterocycles. The van der Waals surface area contributed by atoms with Gasteiger partial charge >= 0.3 is 0 Å². The zero-order chi connectivity index (χ0) is 14.5. The minimum Gasteiger partial charge on any atom is -0.330 e. The van der Waals surface area contributed by atoms with E-state index in [2.05, 4.69) is 4.72 Å². The predicted molar refractivity (Wildman–Crippen MR) is 80.4 cm³/mol. The van der Waals surface area contributed by atoms with Gasteiger partial charge in [0.05, 0.1) is 0 Å². The highest BCUT2D eigenvalue weighted by Crippen LogP contribution is 2.22. The minimum absolute atomic E-state index is 0.228. The van der Waals surface area contributed by atoms with E-state index in [1.165, 1.54) is 11.3 Å². The van der Waals surface area contributed by atoms with E-state index < -0.39 is 20.8 Å². The van der Waals surface area contributed by atoms with E-state index in [-0.39, 0.29) is 6.04 Å². The Morgan fingerprint density at radius 1 is 1.47 bits per heavy atom. The molecule has 0 fully saturated rings. The van der Waals surface area contributed by atoms with Crippen LogP contribution in [0.1, 0.15) is 18.2 Å². The van der Waals surface area contributed by atoms with Crippen molar-refractivity contribution in [2.45, 2.75) is 30.0 Å². The first-order chi connectivity index (χ1) is 8.85. The summed E-state index contributed by atoms with van der Waals surface area (Å²) in [4.78, 5) is 0.963. The third-order valence-corrected chi connectivity index (χ3v) is 6.52. The fraction of sp³-hybridized carbons (Fsp3) is 0.636. The summed E-state index contributed by atoms with van der Waals surface area (Å²) in [5.74, 6) is 0.493. The summed E-state index contributed by atoms with van der Waals surface area (Å²) in [6.07, 6.45) is 2.85. The van der Waals surface area contributed by atoms with Gasteiger partial charge < -0.3 is 5.73 Å². The van der Waals surface area contributed by atoms with Crippen LogP contribution in [0.3, 0.4) is 0 Å². The smallest absolute Gasteiger partial charge is 0.250 e. The van der Waals surface area contributed by atoms with Crippen LogP contribution >= 0.6 is 11.3 Å². The number of nitrogens with two attached hydrogens (primary N) is 1. The highest BCUT2D eigenvalue weighted by Gasteiger charge is 2.19. The second-order valence-electron chi connectivity index (χ2n) is 4.35. The third-order valence-electron chi connectivity index (χ3n) is 2.49. The summed E-state index contributed by atoms with van der Waals surface area (Å²) >= 11 is 1.24. The summed E-state index contributed by atoms with van der Waals surface area (Å²) in [6.45, 7) is 2.28. The van der Waals surface area contributed by atoms with Crippen molar-refractivity contribution in [2.75, 3.05) is 18.6 Å². The molecule has 2 unspecified atom stereocenters. The summed E-state index contributed by atoms with van der Waals surface area (Å²) < 4.78 is 38.1. The van der Waals surface area contributed by atoms with Gasteiger partial charge in [0, 0.05) is 33.7 Å². The Labute approximate surface area is 121 Å². The van der Waals surface area contributed by atoms with Gasteiger partial charge in [-0.3, -0.25) is 4.21 Å². The van der Waals surface area contributed by atoms with Crippen molar-refractivity contribution in [3.05, 3.63) is 17.0 Å². The normalized spacial score (nSPS) is 15.3. The molecule has 0 spiro atoms. The number of sulfonamides is 1. The molecule has 1 aromatic rings. The Bertz CT molecular complexity index is 525. The van der Waals surface area contributed by atoms with Crippen molar-refractivity contribution in [2.24, 2.45) is 5.73 Å². The largest absolute Gasteiger partial charge is 0.330 e. The minimum atomic E-state index is -3.48. The molecule has 0 aromatic carbocycles. The second-order valence-corrected chi connectivity index (χ2v) is 9.01. The van der Waals surface area contributed by atoms with Crippen molar-refractivity contribution >= 4 is 32.2 Å². The third kappa shape index (κ3) is 5.70. The number of nitrogens with one attached hydrogen (secondary N) is 1. The van der Waals surface area contributed by atoms with Gasteiger partial charge in [-0.2, -0.15) is 0 Å². The van der Waals surface area contributed by atoms with E-state index in [4.69, 9.17) is 5.73 Å². The zero-order valence-electron chi connectivity index (χ0n) is 11.1. The van der Waals surface area contributed by atoms with Crippen LogP contribution < -0.4 is 10.5 Å². The standard InChI is InChI=1S/C11H20N2O3S3/c1-9(6-8-18(2)14)13-19(15,16)11-4-3-10(17-11)5-7-12/h3-4,9,13H,5-8,12H2,1-2H3. The van der Waals surface area contributed by atoms with Crippen LogP contribution in [0.15, 0.2) is 16.3 Å². The van der Waals surface area contributed by atoms with Crippen molar-refractivity contribution in [3.8, 4) is 0 Å². The monoisotopic (exact) mass is 324 g/mol. The molecule has 0 amide bonds. The average Bonchev–Trinajstić information content (AvgIpc) is 2.76. The highest BCUT2D eigenvalue weighted by molar-refractivity contribution is 7.91. The maximum Gasteiger partial charge on any atom is 0.250 e. The molecule has 1 rings (SSSR count). The van der Waals surface area contributed by atoms with Crippen LogP contribution in [0.2, 0.25) is 0 Å². The summed E-state index contributed by atoms with van der Waals surface area (Å²) in [5, 5.41) is 0. The molecule has 3 N–H and O–H groups in total. The predicted octanol–water partition coefficient (Wildman–Crippen LogP) is 0.685. The van der Waals surface area contributed by atoms with Gasteiger partial charge in [-0.15, -0.1) is 11.3 Å². The molecule has 19 heavy (non-hydrogen) atoms. The van der Waals surface area contributed by atoms with Gasteiger partial charge in [0.25, 0.3) is 0 Å². The molecule has 0 aliphatic heterocycles. The van der Waals surface area contributed by atoms with E-state index in [9.17, 15) is 12.6 Å². The summed E-state index contributed by atoms with van der Waals surface area (Å²) in [5.41, 5.74) is 5.44. The van der Waals surface area contributed by atoms with E-state index >= 15 is 0 Å². The van der Waals surface area contributed by atoms with E-state index in [1.54, 1.807) is 25.3 Å². The lowest BCUT2D eigenvalue weighted by Gasteiger charge is -2.12. The number of thiophene rings is 1. The molecule has 0 radical (unpaired) electrons. The molecule has 0 bridgehead atoms. The van der Waals surface area contributed by atoms with Crippen molar-refractivity contribution < 1.29 is 12.6 Å². The van der Waals surface area contributed by atoms with Crippen LogP contribution in [-0.2, 0) is 27.2 Å². The molecule has 110 valence electrons. The molecule has 8 heteroatoms. The molecule has 2 atom stereocenters. The van der Waals surface area contributed by atoms with Crippen LogP contribution in [0, 0.1) is 0 Å². The molecule has 1 aromatic heterocycles. The molecule has 0 aliphatic rings. The van der Waals surface area contributed by atoms with Crippen LogP contribution in [0.5, 0.6) is 0 Å². The van der Waals surface area contributed by atoms with E-state index in [0.717, 1.165) is 4.88 Å². The Morgan fingerprint density at radius 3 is 2.74 bits per heavy atom. The van der Waals surface area contributed by atoms with E-state index in [0.29, 0.717) is 29.3 Å². The molecular formula is C11H20N2O3S3. The van der Waals surface area contributed by atoms with Gasteiger partial charge in [0.1, 0.15) is 4.21 Å². The Balaban J connectivity index is 2.66. The van der Waals surface area contributed by atoms with Crippen molar-refractivity contribution in [1.82, 2.24) is 4.72 Å². The Morgan fingerprint density at radius 2 is 2.16 bits per heavy atom. The highest BCUT2D eigenvalue weighted by atomic mass is 32.2. The van der Waals surface area contributed by atoms with Gasteiger partial charge in [-0.05, 0) is 38.4 Å². The maximum absolute atomic E-state index is 12.1. The average molecular weight is 324 g/mol. The molecule has 5 nitrogen and oxygen atoms in total. The van der Waals surface area contributed by atoms with Crippen molar-refractivity contribution in [3.63, 3.8) is 0 Å². The van der Waals surface area contributed by atoms with E-state index in [1.807, 2.05) is 0 Å². The lowest BCUT2D eigenvalue weighted by Crippen LogP contribution is -2.33. The first kappa shape index (κ1) is 16.8. The quantitative estimate of drug-likeness (QED) is 0.736. The topological polar surface area (TPSA) is 89.3 Å². The summed E-state index contributed by atoms with van der Waals surface area (Å²) in [6, 6.07) is 3.16. The molecule has 1 heterocycles. The lowest BCUT2D eigenvalue weighted by molar-refractivity contribution is 0.557. The first-order valence-electron chi connectivity index (χ1n) is 5.96. The van der Waals surface area contributed by atoms with Crippen LogP contribution in [0.4, 0.5) is 0 Å². The SMILES string of the molecule is CC(CCS(C)=O)NS(=O)(=O)c1ccc(CCN)s1. The number of rotatable bonds is 8. The van der Waals surface area contributed by atoms with Gasteiger partial charge in [0.15, 0.2) is 0 Å². The fourth-order valence-electron chi connectivity index (χ4n) is 1.50. The Hall–Kier alpha value is -0.280. The zero-order valence-corrected chi connectivity index (χ0v) is 13.5. The molecular weight excluding hydrogens is 304 g/mol. The number of hydrogen-bond acceptors (Lipinski definition) is 5. The number of hydrogen-bond donors (Lipinski definition) is 2. The summed E-state index contributed by atoms with van der Waals surface area (Å²) in [7, 11) is -4.38. The van der Waals surface area contributed by atoms with Gasteiger partial charge in [0.2, 0.25) is 10.0 Å². The molecule has 0 aliphatic carbocycles. The molecule has 0 saturated carbocycles. The maximum atomic E-state index is 12.1. The second kappa shape index (κ2) is 7.49. The lowest BCUT2D eigenvalue weighted by atomic mass is 10.3. The van der Waals surface area contributed by atoms with Gasteiger partial charge in [-0.1, -0.05) is 0 Å².